The number of aliphatic hydroxyl groups excluding tert-OH is 1. The lowest BCUT2D eigenvalue weighted by molar-refractivity contribution is 0.223. The molecule has 0 aromatic rings. The summed E-state index contributed by atoms with van der Waals surface area (Å²) in [6.45, 7) is 0.320. The zero-order valence-electron chi connectivity index (χ0n) is 7.05. The van der Waals surface area contributed by atoms with Crippen molar-refractivity contribution < 1.29 is 9.84 Å². The Labute approximate surface area is 67.9 Å². The van der Waals surface area contributed by atoms with E-state index in [4.69, 9.17) is 9.84 Å². The van der Waals surface area contributed by atoms with Crippen LogP contribution in [-0.4, -0.2) is 18.8 Å². The molecule has 1 N–H and O–H groups in total. The van der Waals surface area contributed by atoms with Crippen LogP contribution < -0.4 is 0 Å². The van der Waals surface area contributed by atoms with Gasteiger partial charge in [0, 0.05) is 13.0 Å². The minimum Gasteiger partial charge on any atom is -0.501 e. The van der Waals surface area contributed by atoms with Gasteiger partial charge in [-0.15, -0.1) is 0 Å². The number of methoxy groups -OCH3 is 1. The minimum atomic E-state index is 0.320. The molecule has 1 rings (SSSR count). The third-order valence-electron chi connectivity index (χ3n) is 2.28. The summed E-state index contributed by atoms with van der Waals surface area (Å²) in [5.74, 6) is 1.79. The zero-order chi connectivity index (χ0) is 8.10. The van der Waals surface area contributed by atoms with Crippen molar-refractivity contribution in [3.05, 3.63) is 11.8 Å². The summed E-state index contributed by atoms with van der Waals surface area (Å²) in [5.41, 5.74) is 0. The first-order chi connectivity index (χ1) is 5.36. The van der Waals surface area contributed by atoms with Crippen LogP contribution >= 0.6 is 0 Å². The smallest absolute Gasteiger partial charge is 0.0915 e. The Morgan fingerprint density at radius 2 is 2.55 bits per heavy atom. The number of hydrogen-bond acceptors (Lipinski definition) is 2. The lowest BCUT2D eigenvalue weighted by atomic mass is 9.91. The zero-order valence-corrected chi connectivity index (χ0v) is 7.05. The molecule has 11 heavy (non-hydrogen) atoms. The Morgan fingerprint density at radius 1 is 1.73 bits per heavy atom. The van der Waals surface area contributed by atoms with E-state index < -0.39 is 0 Å². The van der Waals surface area contributed by atoms with E-state index in [0.29, 0.717) is 12.5 Å². The molecule has 0 fully saturated rings. The van der Waals surface area contributed by atoms with Gasteiger partial charge in [0.2, 0.25) is 0 Å². The molecule has 1 aliphatic carbocycles. The first-order valence-electron chi connectivity index (χ1n) is 4.20. The van der Waals surface area contributed by atoms with Crippen molar-refractivity contribution in [2.75, 3.05) is 13.7 Å². The van der Waals surface area contributed by atoms with Crippen LogP contribution in [0.1, 0.15) is 25.7 Å². The number of ether oxygens (including phenoxy) is 1. The Bertz CT molecular complexity index is 140. The van der Waals surface area contributed by atoms with Gasteiger partial charge < -0.3 is 9.84 Å². The lowest BCUT2D eigenvalue weighted by Crippen LogP contribution is -2.08. The molecule has 1 unspecified atom stereocenters. The van der Waals surface area contributed by atoms with Gasteiger partial charge in [0.1, 0.15) is 0 Å². The molecule has 1 atom stereocenters. The number of allylic oxidation sites excluding steroid dienone is 2. The van der Waals surface area contributed by atoms with E-state index in [1.54, 1.807) is 7.11 Å². The summed E-state index contributed by atoms with van der Waals surface area (Å²) in [6, 6.07) is 0. The highest BCUT2D eigenvalue weighted by molar-refractivity contribution is 4.98. The van der Waals surface area contributed by atoms with Crippen molar-refractivity contribution in [1.82, 2.24) is 0 Å². The average Bonchev–Trinajstić information content (AvgIpc) is 2.07. The van der Waals surface area contributed by atoms with Crippen LogP contribution in [-0.2, 0) is 4.74 Å². The van der Waals surface area contributed by atoms with Crippen molar-refractivity contribution >= 4 is 0 Å². The summed E-state index contributed by atoms with van der Waals surface area (Å²) in [6.07, 6.45) is 6.36. The average molecular weight is 156 g/mol. The molecule has 0 aliphatic heterocycles. The second-order valence-corrected chi connectivity index (χ2v) is 3.03. The molecule has 1 aliphatic rings. The molecule has 0 spiro atoms. The van der Waals surface area contributed by atoms with Crippen LogP contribution in [0.15, 0.2) is 11.8 Å². The molecule has 2 heteroatoms. The van der Waals surface area contributed by atoms with Crippen molar-refractivity contribution in [3.63, 3.8) is 0 Å². The Balaban J connectivity index is 2.29. The quantitative estimate of drug-likeness (QED) is 0.674. The van der Waals surface area contributed by atoms with Gasteiger partial charge in [-0.05, 0) is 31.3 Å². The molecule has 0 radical (unpaired) electrons. The van der Waals surface area contributed by atoms with Crippen LogP contribution in [0.4, 0.5) is 0 Å². The highest BCUT2D eigenvalue weighted by Crippen LogP contribution is 2.25. The van der Waals surface area contributed by atoms with Gasteiger partial charge in [-0.25, -0.2) is 0 Å². The second-order valence-electron chi connectivity index (χ2n) is 3.03. The third-order valence-corrected chi connectivity index (χ3v) is 2.28. The summed E-state index contributed by atoms with van der Waals surface area (Å²) in [7, 11) is 1.72. The molecule has 0 aromatic carbocycles. The number of aliphatic hydroxyl groups is 1. The third kappa shape index (κ3) is 2.54. The van der Waals surface area contributed by atoms with Crippen molar-refractivity contribution in [3.8, 4) is 0 Å². The van der Waals surface area contributed by atoms with E-state index in [0.717, 1.165) is 25.0 Å². The van der Waals surface area contributed by atoms with Gasteiger partial charge in [-0.2, -0.15) is 0 Å². The molecule has 0 saturated carbocycles. The summed E-state index contributed by atoms with van der Waals surface area (Å²) in [5, 5.41) is 8.69. The van der Waals surface area contributed by atoms with E-state index in [9.17, 15) is 0 Å². The largest absolute Gasteiger partial charge is 0.501 e. The molecular weight excluding hydrogens is 140 g/mol. The van der Waals surface area contributed by atoms with Crippen LogP contribution in [0.3, 0.4) is 0 Å². The van der Waals surface area contributed by atoms with Crippen LogP contribution in [0.5, 0.6) is 0 Å². The van der Waals surface area contributed by atoms with Gasteiger partial charge in [-0.3, -0.25) is 0 Å². The van der Waals surface area contributed by atoms with E-state index in [2.05, 4.69) is 6.08 Å². The van der Waals surface area contributed by atoms with Gasteiger partial charge in [0.15, 0.2) is 0 Å². The van der Waals surface area contributed by atoms with Crippen molar-refractivity contribution in [2.24, 2.45) is 5.92 Å². The van der Waals surface area contributed by atoms with Gasteiger partial charge >= 0.3 is 0 Å². The first-order valence-corrected chi connectivity index (χ1v) is 4.20. The van der Waals surface area contributed by atoms with E-state index in [-0.39, 0.29) is 0 Å². The van der Waals surface area contributed by atoms with E-state index >= 15 is 0 Å². The lowest BCUT2D eigenvalue weighted by Gasteiger charge is -2.19. The molecule has 0 bridgehead atoms. The second kappa shape index (κ2) is 4.39. The number of hydrogen-bond donors (Lipinski definition) is 1. The summed E-state index contributed by atoms with van der Waals surface area (Å²) >= 11 is 0. The number of rotatable bonds is 3. The molecule has 0 aromatic heterocycles. The topological polar surface area (TPSA) is 29.5 Å². The van der Waals surface area contributed by atoms with Gasteiger partial charge in [-0.1, -0.05) is 0 Å². The van der Waals surface area contributed by atoms with Crippen molar-refractivity contribution in [2.45, 2.75) is 25.7 Å². The molecule has 0 heterocycles. The fourth-order valence-corrected chi connectivity index (χ4v) is 1.49. The van der Waals surface area contributed by atoms with Gasteiger partial charge in [0.25, 0.3) is 0 Å². The molecule has 0 amide bonds. The normalized spacial score (nSPS) is 24.5. The Hall–Kier alpha value is -0.500. The standard InChI is InChI=1S/C9H16O2/c1-11-9-4-2-8(3-5-9)6-7-10/h4,8,10H,2-3,5-7H2,1H3. The fraction of sp³-hybridized carbons (Fsp3) is 0.778. The van der Waals surface area contributed by atoms with Crippen LogP contribution in [0, 0.1) is 5.92 Å². The predicted molar refractivity (Wildman–Crippen MR) is 44.1 cm³/mol. The highest BCUT2D eigenvalue weighted by Gasteiger charge is 2.13. The van der Waals surface area contributed by atoms with E-state index in [1.165, 1.54) is 6.42 Å². The first kappa shape index (κ1) is 8.60. The maximum atomic E-state index is 8.69. The molecule has 64 valence electrons. The maximum Gasteiger partial charge on any atom is 0.0915 e. The molecule has 2 nitrogen and oxygen atoms in total. The Kier molecular flexibility index (Phi) is 3.43. The van der Waals surface area contributed by atoms with Crippen LogP contribution in [0.25, 0.3) is 0 Å². The van der Waals surface area contributed by atoms with Crippen LogP contribution in [0.2, 0.25) is 0 Å². The van der Waals surface area contributed by atoms with Gasteiger partial charge in [0.05, 0.1) is 12.9 Å². The minimum absolute atomic E-state index is 0.320. The fourth-order valence-electron chi connectivity index (χ4n) is 1.49. The molecular formula is C9H16O2. The van der Waals surface area contributed by atoms with E-state index in [1.807, 2.05) is 0 Å². The monoisotopic (exact) mass is 156 g/mol. The maximum absolute atomic E-state index is 8.69. The predicted octanol–water partition coefficient (Wildman–Crippen LogP) is 1.70. The molecule has 0 saturated heterocycles. The van der Waals surface area contributed by atoms with Crippen molar-refractivity contribution in [1.29, 1.82) is 0 Å². The SMILES string of the molecule is COC1=CCC(CCO)CC1. The summed E-state index contributed by atoms with van der Waals surface area (Å²) < 4.78 is 5.12. The summed E-state index contributed by atoms with van der Waals surface area (Å²) in [4.78, 5) is 0. The highest BCUT2D eigenvalue weighted by atomic mass is 16.5. The Morgan fingerprint density at radius 3 is 3.00 bits per heavy atom.